The van der Waals surface area contributed by atoms with Gasteiger partial charge in [-0.2, -0.15) is 23.5 Å². The number of carboxylic acid groups (broad SMARTS) is 1. The van der Waals surface area contributed by atoms with Gasteiger partial charge >= 0.3 is 5.97 Å². The summed E-state index contributed by atoms with van der Waals surface area (Å²) in [5, 5.41) is 12.1. The van der Waals surface area contributed by atoms with Crippen LogP contribution >= 0.6 is 23.5 Å². The molecule has 0 aromatic heterocycles. The van der Waals surface area contributed by atoms with E-state index < -0.39 is 12.0 Å². The van der Waals surface area contributed by atoms with Gasteiger partial charge in [-0.25, -0.2) is 4.79 Å². The molecule has 2 aliphatic rings. The van der Waals surface area contributed by atoms with E-state index in [1.807, 2.05) is 11.8 Å². The van der Waals surface area contributed by atoms with Gasteiger partial charge in [-0.15, -0.1) is 0 Å². The van der Waals surface area contributed by atoms with Crippen LogP contribution < -0.4 is 5.32 Å². The van der Waals surface area contributed by atoms with Gasteiger partial charge in [0.05, 0.1) is 5.60 Å². The number of ether oxygens (including phenoxy) is 1. The Kier molecular flexibility index (Phi) is 6.25. The Hall–Kier alpha value is -0.400. The van der Waals surface area contributed by atoms with Gasteiger partial charge in [-0.1, -0.05) is 0 Å². The molecule has 21 heavy (non-hydrogen) atoms. The van der Waals surface area contributed by atoms with E-state index in [4.69, 9.17) is 9.84 Å². The van der Waals surface area contributed by atoms with E-state index in [1.54, 1.807) is 11.8 Å². The molecule has 2 N–H and O–H groups in total. The Labute approximate surface area is 133 Å². The van der Waals surface area contributed by atoms with Crippen LogP contribution in [0.1, 0.15) is 32.6 Å². The van der Waals surface area contributed by atoms with E-state index in [2.05, 4.69) is 5.32 Å². The molecule has 1 unspecified atom stereocenters. The molecule has 120 valence electrons. The van der Waals surface area contributed by atoms with Gasteiger partial charge in [0.25, 0.3) is 0 Å². The molecule has 5 nitrogen and oxygen atoms in total. The van der Waals surface area contributed by atoms with Crippen LogP contribution in [0.5, 0.6) is 0 Å². The molecule has 0 aliphatic carbocycles. The largest absolute Gasteiger partial charge is 0.480 e. The van der Waals surface area contributed by atoms with Gasteiger partial charge < -0.3 is 15.2 Å². The number of aliphatic carboxylic acids is 1. The lowest BCUT2D eigenvalue weighted by Crippen LogP contribution is -2.45. The van der Waals surface area contributed by atoms with Crippen LogP contribution in [-0.2, 0) is 14.3 Å². The maximum atomic E-state index is 11.1. The average Bonchev–Trinajstić information content (AvgIpc) is 2.44. The lowest BCUT2D eigenvalue weighted by Gasteiger charge is -2.43. The van der Waals surface area contributed by atoms with Crippen molar-refractivity contribution in [3.05, 3.63) is 0 Å². The minimum atomic E-state index is -0.964. The number of hydrogen-bond donors (Lipinski definition) is 2. The van der Waals surface area contributed by atoms with Crippen molar-refractivity contribution >= 4 is 35.4 Å². The zero-order chi connectivity index (χ0) is 15.3. The lowest BCUT2D eigenvalue weighted by molar-refractivity contribution is -0.140. The van der Waals surface area contributed by atoms with Crippen molar-refractivity contribution in [2.45, 2.75) is 49.5 Å². The minimum absolute atomic E-state index is 0.0217. The Balaban J connectivity index is 1.84. The molecule has 0 aromatic rings. The fourth-order valence-electron chi connectivity index (χ4n) is 2.87. The molecule has 2 aliphatic heterocycles. The number of carbonyl (C=O) groups excluding carboxylic acids is 1. The summed E-state index contributed by atoms with van der Waals surface area (Å²) < 4.78 is 6.04. The second-order valence-corrected chi connectivity index (χ2v) is 8.24. The fourth-order valence-corrected chi connectivity index (χ4v) is 5.48. The number of carbonyl (C=O) groups is 2. The second-order valence-electron chi connectivity index (χ2n) is 5.68. The number of thioether (sulfide) groups is 2. The van der Waals surface area contributed by atoms with Crippen molar-refractivity contribution in [2.24, 2.45) is 0 Å². The highest BCUT2D eigenvalue weighted by Crippen LogP contribution is 2.40. The molecule has 1 amide bonds. The van der Waals surface area contributed by atoms with Crippen LogP contribution in [0, 0.1) is 0 Å². The Morgan fingerprint density at radius 2 is 2.19 bits per heavy atom. The zero-order valence-electron chi connectivity index (χ0n) is 12.3. The van der Waals surface area contributed by atoms with E-state index in [-0.39, 0.29) is 11.5 Å². The molecule has 2 atom stereocenters. The molecule has 2 heterocycles. The predicted octanol–water partition coefficient (Wildman–Crippen LogP) is 1.75. The topological polar surface area (TPSA) is 75.6 Å². The van der Waals surface area contributed by atoms with Crippen molar-refractivity contribution < 1.29 is 19.4 Å². The summed E-state index contributed by atoms with van der Waals surface area (Å²) in [7, 11) is 0. The second kappa shape index (κ2) is 7.74. The minimum Gasteiger partial charge on any atom is -0.480 e. The summed E-state index contributed by atoms with van der Waals surface area (Å²) >= 11 is 3.64. The van der Waals surface area contributed by atoms with E-state index in [9.17, 15) is 9.59 Å². The van der Waals surface area contributed by atoms with Crippen molar-refractivity contribution in [1.29, 1.82) is 0 Å². The summed E-state index contributed by atoms with van der Waals surface area (Å²) in [5.41, 5.74) is 0.0217. The molecule has 2 rings (SSSR count). The summed E-state index contributed by atoms with van der Waals surface area (Å²) in [5.74, 6) is 1.47. The molecular formula is C14H23NO4S2. The van der Waals surface area contributed by atoms with E-state index in [0.29, 0.717) is 11.0 Å². The highest BCUT2D eigenvalue weighted by atomic mass is 32.2. The number of hydrogen-bond acceptors (Lipinski definition) is 5. The zero-order valence-corrected chi connectivity index (χ0v) is 13.9. The maximum absolute atomic E-state index is 11.1. The molecule has 0 saturated carbocycles. The van der Waals surface area contributed by atoms with Crippen molar-refractivity contribution in [3.63, 3.8) is 0 Å². The fraction of sp³-hybridized carbons (Fsp3) is 0.857. The Bertz CT molecular complexity index is 380. The van der Waals surface area contributed by atoms with Crippen LogP contribution in [0.15, 0.2) is 0 Å². The summed E-state index contributed by atoms with van der Waals surface area (Å²) in [4.78, 5) is 22.2. The van der Waals surface area contributed by atoms with Crippen molar-refractivity contribution in [2.75, 3.05) is 23.9 Å². The van der Waals surface area contributed by atoms with Crippen molar-refractivity contribution in [1.82, 2.24) is 5.32 Å². The van der Waals surface area contributed by atoms with Crippen LogP contribution in [0.3, 0.4) is 0 Å². The number of rotatable bonds is 5. The normalized spacial score (nSPS) is 26.2. The van der Waals surface area contributed by atoms with Gasteiger partial charge in [0.2, 0.25) is 5.91 Å². The van der Waals surface area contributed by atoms with Gasteiger partial charge in [0, 0.05) is 24.5 Å². The number of amides is 1. The standard InChI is InChI=1S/C14H23NO4S2/c1-10(16)15-12(13(17)18)9-21-11-2-5-19-14(8-11)3-6-20-7-4-14/h11-12H,2-9H2,1H3,(H,15,16)(H,17,18)/t11?,12-/m0/s1. The van der Waals surface area contributed by atoms with Crippen molar-refractivity contribution in [3.8, 4) is 0 Å². The highest BCUT2D eigenvalue weighted by Gasteiger charge is 2.39. The Morgan fingerprint density at radius 1 is 1.48 bits per heavy atom. The first kappa shape index (κ1) is 17.0. The lowest BCUT2D eigenvalue weighted by atomic mass is 9.88. The molecule has 2 saturated heterocycles. The first-order chi connectivity index (χ1) is 10.0. The molecule has 0 aromatic carbocycles. The Morgan fingerprint density at radius 3 is 2.81 bits per heavy atom. The summed E-state index contributed by atoms with van der Waals surface area (Å²) in [6.45, 7) is 2.12. The average molecular weight is 333 g/mol. The molecule has 2 fully saturated rings. The number of carboxylic acids is 1. The summed E-state index contributed by atoms with van der Waals surface area (Å²) in [6.07, 6.45) is 4.17. The third kappa shape index (κ3) is 5.07. The predicted molar refractivity (Wildman–Crippen MR) is 86.0 cm³/mol. The van der Waals surface area contributed by atoms with Gasteiger partial charge in [0.15, 0.2) is 0 Å². The maximum Gasteiger partial charge on any atom is 0.327 e. The third-order valence-electron chi connectivity index (χ3n) is 4.03. The van der Waals surface area contributed by atoms with Crippen LogP contribution in [0.4, 0.5) is 0 Å². The number of nitrogens with one attached hydrogen (secondary N) is 1. The summed E-state index contributed by atoms with van der Waals surface area (Å²) in [6, 6.07) is -0.798. The molecule has 7 heteroatoms. The smallest absolute Gasteiger partial charge is 0.327 e. The highest BCUT2D eigenvalue weighted by molar-refractivity contribution is 8.00. The van der Waals surface area contributed by atoms with Gasteiger partial charge in [0.1, 0.15) is 6.04 Å². The molecule has 0 radical (unpaired) electrons. The van der Waals surface area contributed by atoms with Crippen LogP contribution in [-0.4, -0.2) is 57.7 Å². The van der Waals surface area contributed by atoms with Gasteiger partial charge in [-0.05, 0) is 37.2 Å². The van der Waals surface area contributed by atoms with Crippen LogP contribution in [0.25, 0.3) is 0 Å². The quantitative estimate of drug-likeness (QED) is 0.798. The first-order valence-corrected chi connectivity index (χ1v) is 9.54. The molecule has 0 bridgehead atoms. The third-order valence-corrected chi connectivity index (χ3v) is 6.41. The monoisotopic (exact) mass is 333 g/mol. The molecular weight excluding hydrogens is 310 g/mol. The van der Waals surface area contributed by atoms with E-state index in [1.165, 1.54) is 6.92 Å². The van der Waals surface area contributed by atoms with E-state index >= 15 is 0 Å². The van der Waals surface area contributed by atoms with Crippen LogP contribution in [0.2, 0.25) is 0 Å². The van der Waals surface area contributed by atoms with Gasteiger partial charge in [-0.3, -0.25) is 4.79 Å². The van der Waals surface area contributed by atoms with E-state index in [0.717, 1.165) is 43.8 Å². The molecule has 1 spiro atoms. The first-order valence-electron chi connectivity index (χ1n) is 7.34. The SMILES string of the molecule is CC(=O)N[C@@H](CSC1CCOC2(CCSCC2)C1)C(=O)O.